The second-order valence-electron chi connectivity index (χ2n) is 7.79. The van der Waals surface area contributed by atoms with Gasteiger partial charge in [-0.2, -0.15) is 0 Å². The molecule has 3 aromatic carbocycles. The predicted octanol–water partition coefficient (Wildman–Crippen LogP) is 5.34. The highest BCUT2D eigenvalue weighted by molar-refractivity contribution is 7.99. The number of carbonyl (C=O) groups excluding carboxylic acids is 1. The number of rotatable bonds is 9. The number of halogens is 1. The molecule has 1 amide bonds. The third-order valence-corrected chi connectivity index (χ3v) is 6.27. The van der Waals surface area contributed by atoms with Crippen LogP contribution in [0.4, 0.5) is 10.1 Å². The quantitative estimate of drug-likeness (QED) is 0.318. The lowest BCUT2D eigenvalue weighted by Crippen LogP contribution is -2.15. The maximum atomic E-state index is 14.7. The second kappa shape index (κ2) is 11.1. The number of carbonyl (C=O) groups is 1. The fraction of sp³-hybridized carbons (Fsp3) is 0.192. The number of aromatic nitrogens is 3. The van der Waals surface area contributed by atoms with Gasteiger partial charge in [-0.15, -0.1) is 10.2 Å². The molecule has 0 saturated carbocycles. The predicted molar refractivity (Wildman–Crippen MR) is 134 cm³/mol. The minimum atomic E-state index is -0.431. The van der Waals surface area contributed by atoms with E-state index >= 15 is 0 Å². The van der Waals surface area contributed by atoms with E-state index in [1.165, 1.54) is 17.8 Å². The summed E-state index contributed by atoms with van der Waals surface area (Å²) in [6, 6.07) is 19.2. The largest absolute Gasteiger partial charge is 0.497 e. The van der Waals surface area contributed by atoms with E-state index in [1.54, 1.807) is 54.1 Å². The zero-order valence-electron chi connectivity index (χ0n) is 19.6. The van der Waals surface area contributed by atoms with E-state index in [0.717, 1.165) is 16.8 Å². The smallest absolute Gasteiger partial charge is 0.234 e. The van der Waals surface area contributed by atoms with E-state index in [9.17, 15) is 9.18 Å². The number of thioether (sulfide) groups is 1. The van der Waals surface area contributed by atoms with Crippen molar-refractivity contribution in [3.63, 3.8) is 0 Å². The lowest BCUT2D eigenvalue weighted by atomic mass is 10.1. The Morgan fingerprint density at radius 1 is 1.00 bits per heavy atom. The molecule has 1 aromatic heterocycles. The van der Waals surface area contributed by atoms with Crippen LogP contribution in [0.25, 0.3) is 5.69 Å². The molecule has 0 radical (unpaired) electrons. The molecule has 0 fully saturated rings. The van der Waals surface area contributed by atoms with Crippen molar-refractivity contribution in [3.8, 4) is 17.2 Å². The van der Waals surface area contributed by atoms with Crippen molar-refractivity contribution in [2.24, 2.45) is 0 Å². The Morgan fingerprint density at radius 2 is 1.74 bits per heavy atom. The number of aryl methyl sites for hydroxylation is 2. The van der Waals surface area contributed by atoms with Crippen LogP contribution in [0.5, 0.6) is 11.5 Å². The topological polar surface area (TPSA) is 78.3 Å². The molecule has 4 rings (SSSR count). The first-order valence-electron chi connectivity index (χ1n) is 10.9. The Balaban J connectivity index is 1.51. The van der Waals surface area contributed by atoms with E-state index in [4.69, 9.17) is 9.47 Å². The van der Waals surface area contributed by atoms with Crippen LogP contribution in [0.15, 0.2) is 71.9 Å². The van der Waals surface area contributed by atoms with Gasteiger partial charge in [-0.1, -0.05) is 30.0 Å². The SMILES string of the molecule is COc1ccc(OCc2nnc(SCC(=O)Nc3ccc(C)c(C)c3)n2-c2ccccc2F)cc1. The summed E-state index contributed by atoms with van der Waals surface area (Å²) in [5.74, 6) is 1.18. The fourth-order valence-corrected chi connectivity index (χ4v) is 4.09. The summed E-state index contributed by atoms with van der Waals surface area (Å²) >= 11 is 1.17. The summed E-state index contributed by atoms with van der Waals surface area (Å²) in [6.45, 7) is 4.07. The third kappa shape index (κ3) is 5.99. The average Bonchev–Trinajstić information content (AvgIpc) is 3.27. The molecule has 0 bridgehead atoms. The third-order valence-electron chi connectivity index (χ3n) is 5.34. The number of hydrogen-bond acceptors (Lipinski definition) is 6. The van der Waals surface area contributed by atoms with Gasteiger partial charge in [-0.3, -0.25) is 9.36 Å². The summed E-state index contributed by atoms with van der Waals surface area (Å²) in [4.78, 5) is 12.6. The van der Waals surface area contributed by atoms with E-state index in [2.05, 4.69) is 15.5 Å². The van der Waals surface area contributed by atoms with Crippen LogP contribution < -0.4 is 14.8 Å². The molecular weight excluding hydrogens is 467 g/mol. The monoisotopic (exact) mass is 492 g/mol. The summed E-state index contributed by atoms with van der Waals surface area (Å²) in [7, 11) is 1.59. The van der Waals surface area contributed by atoms with Crippen LogP contribution in [0.2, 0.25) is 0 Å². The highest BCUT2D eigenvalue weighted by Gasteiger charge is 2.19. The zero-order valence-corrected chi connectivity index (χ0v) is 20.4. The van der Waals surface area contributed by atoms with Crippen LogP contribution in [0.3, 0.4) is 0 Å². The van der Waals surface area contributed by atoms with Gasteiger partial charge >= 0.3 is 0 Å². The van der Waals surface area contributed by atoms with Gasteiger partial charge in [0.1, 0.15) is 23.9 Å². The van der Waals surface area contributed by atoms with Crippen molar-refractivity contribution in [2.75, 3.05) is 18.2 Å². The van der Waals surface area contributed by atoms with Gasteiger partial charge in [-0.05, 0) is 73.5 Å². The summed E-state index contributed by atoms with van der Waals surface area (Å²) in [5.41, 5.74) is 3.25. The van der Waals surface area contributed by atoms with Crippen LogP contribution >= 0.6 is 11.8 Å². The first kappa shape index (κ1) is 24.3. The van der Waals surface area contributed by atoms with Crippen LogP contribution in [-0.2, 0) is 11.4 Å². The molecule has 0 aliphatic heterocycles. The Labute approximate surface area is 207 Å². The number of benzene rings is 3. The summed E-state index contributed by atoms with van der Waals surface area (Å²) in [6.07, 6.45) is 0. The maximum Gasteiger partial charge on any atom is 0.234 e. The van der Waals surface area contributed by atoms with Crippen molar-refractivity contribution in [3.05, 3.63) is 89.5 Å². The van der Waals surface area contributed by atoms with Gasteiger partial charge in [0.25, 0.3) is 0 Å². The van der Waals surface area contributed by atoms with Crippen molar-refractivity contribution in [1.29, 1.82) is 0 Å². The van der Waals surface area contributed by atoms with Gasteiger partial charge in [0, 0.05) is 5.69 Å². The molecule has 1 heterocycles. The van der Waals surface area contributed by atoms with Crippen molar-refractivity contribution in [1.82, 2.24) is 14.8 Å². The van der Waals surface area contributed by atoms with Gasteiger partial charge in [0.15, 0.2) is 11.0 Å². The molecule has 1 N–H and O–H groups in total. The lowest BCUT2D eigenvalue weighted by molar-refractivity contribution is -0.113. The molecule has 0 spiro atoms. The molecule has 0 aliphatic rings. The molecular formula is C26H25FN4O3S. The van der Waals surface area contributed by atoms with E-state index < -0.39 is 5.82 Å². The molecule has 9 heteroatoms. The number of ether oxygens (including phenoxy) is 2. The van der Waals surface area contributed by atoms with E-state index in [1.807, 2.05) is 32.0 Å². The van der Waals surface area contributed by atoms with Crippen LogP contribution in [0, 0.1) is 19.7 Å². The summed E-state index contributed by atoms with van der Waals surface area (Å²) in [5, 5.41) is 11.7. The molecule has 0 saturated heterocycles. The molecule has 0 aliphatic carbocycles. The van der Waals surface area contributed by atoms with Crippen molar-refractivity contribution in [2.45, 2.75) is 25.6 Å². The average molecular weight is 493 g/mol. The van der Waals surface area contributed by atoms with Gasteiger partial charge in [0.05, 0.1) is 18.6 Å². The molecule has 7 nitrogen and oxygen atoms in total. The molecule has 0 unspecified atom stereocenters. The fourth-order valence-electron chi connectivity index (χ4n) is 3.33. The molecule has 0 atom stereocenters. The maximum absolute atomic E-state index is 14.7. The molecule has 180 valence electrons. The second-order valence-corrected chi connectivity index (χ2v) is 8.73. The van der Waals surface area contributed by atoms with Gasteiger partial charge in [-0.25, -0.2) is 4.39 Å². The summed E-state index contributed by atoms with van der Waals surface area (Å²) < 4.78 is 27.3. The number of amides is 1. The number of anilines is 1. The number of nitrogens with zero attached hydrogens (tertiary/aromatic N) is 3. The minimum absolute atomic E-state index is 0.0586. The number of nitrogens with one attached hydrogen (secondary N) is 1. The first-order chi connectivity index (χ1) is 16.9. The number of methoxy groups -OCH3 is 1. The Hall–Kier alpha value is -3.85. The van der Waals surface area contributed by atoms with Crippen LogP contribution in [-0.4, -0.2) is 33.5 Å². The molecule has 35 heavy (non-hydrogen) atoms. The van der Waals surface area contributed by atoms with Gasteiger partial charge < -0.3 is 14.8 Å². The highest BCUT2D eigenvalue weighted by Crippen LogP contribution is 2.26. The highest BCUT2D eigenvalue weighted by atomic mass is 32.2. The van der Waals surface area contributed by atoms with Crippen molar-refractivity contribution >= 4 is 23.4 Å². The van der Waals surface area contributed by atoms with Crippen molar-refractivity contribution < 1.29 is 18.7 Å². The zero-order chi connectivity index (χ0) is 24.8. The standard InChI is InChI=1S/C26H25FN4O3S/c1-17-8-9-19(14-18(17)2)28-25(32)16-35-26-30-29-24(31(26)23-7-5-4-6-22(23)27)15-34-21-12-10-20(33-3)11-13-21/h4-14H,15-16H2,1-3H3,(H,28,32). The van der Waals surface area contributed by atoms with Gasteiger partial charge in [0.2, 0.25) is 5.91 Å². The first-order valence-corrected chi connectivity index (χ1v) is 11.9. The molecule has 4 aromatic rings. The van der Waals surface area contributed by atoms with Crippen LogP contribution in [0.1, 0.15) is 17.0 Å². The Kier molecular flexibility index (Phi) is 7.67. The Morgan fingerprint density at radius 3 is 2.46 bits per heavy atom. The van der Waals surface area contributed by atoms with E-state index in [0.29, 0.717) is 22.5 Å². The Bertz CT molecular complexity index is 1320. The van der Waals surface area contributed by atoms with E-state index in [-0.39, 0.29) is 24.0 Å². The lowest BCUT2D eigenvalue weighted by Gasteiger charge is -2.12. The number of hydrogen-bond donors (Lipinski definition) is 1. The normalized spacial score (nSPS) is 10.7. The minimum Gasteiger partial charge on any atom is -0.497 e. The number of para-hydroxylation sites is 1.